The van der Waals surface area contributed by atoms with E-state index in [4.69, 9.17) is 0 Å². The molecular formula is C59H42N4S. The quantitative estimate of drug-likeness (QED) is 0.180. The molecule has 0 saturated carbocycles. The van der Waals surface area contributed by atoms with E-state index in [-0.39, 0.29) is 12.2 Å². The van der Waals surface area contributed by atoms with Gasteiger partial charge < -0.3 is 14.0 Å². The van der Waals surface area contributed by atoms with E-state index in [1.807, 2.05) is 11.3 Å². The first kappa shape index (κ1) is 36.9. The summed E-state index contributed by atoms with van der Waals surface area (Å²) in [7, 11) is 2.20. The van der Waals surface area contributed by atoms with Crippen LogP contribution in [0.5, 0.6) is 0 Å². The van der Waals surface area contributed by atoms with Gasteiger partial charge in [-0.3, -0.25) is 5.32 Å². The molecule has 0 fully saturated rings. The molecule has 4 heterocycles. The summed E-state index contributed by atoms with van der Waals surface area (Å²) in [5.41, 5.74) is 14.5. The van der Waals surface area contributed by atoms with Gasteiger partial charge in [-0.25, -0.2) is 0 Å². The highest BCUT2D eigenvalue weighted by Gasteiger charge is 2.29. The van der Waals surface area contributed by atoms with Gasteiger partial charge in [0, 0.05) is 65.8 Å². The van der Waals surface area contributed by atoms with Gasteiger partial charge in [0.15, 0.2) is 0 Å². The molecule has 13 rings (SSSR count). The highest BCUT2D eigenvalue weighted by atomic mass is 32.1. The maximum atomic E-state index is 3.98. The summed E-state index contributed by atoms with van der Waals surface area (Å²) in [6.07, 6.45) is 2.33. The largest absolute Gasteiger partial charge is 0.355 e. The number of hydrogen-bond acceptors (Lipinski definition) is 3. The monoisotopic (exact) mass is 838 g/mol. The molecule has 0 spiro atoms. The maximum absolute atomic E-state index is 3.98. The first-order chi connectivity index (χ1) is 31.7. The van der Waals surface area contributed by atoms with Gasteiger partial charge in [-0.2, -0.15) is 0 Å². The Morgan fingerprint density at radius 1 is 0.422 bits per heavy atom. The number of aromatic nitrogens is 2. The average Bonchev–Trinajstić information content (AvgIpc) is 4.02. The second-order valence-electron chi connectivity index (χ2n) is 17.0. The predicted molar refractivity (Wildman–Crippen MR) is 271 cm³/mol. The normalized spacial score (nSPS) is 15.6. The fraction of sp³-hybridized carbons (Fsp3) is 0.0508. The van der Waals surface area contributed by atoms with Crippen LogP contribution >= 0.6 is 11.3 Å². The van der Waals surface area contributed by atoms with Crippen LogP contribution in [-0.4, -0.2) is 21.1 Å². The Hall–Kier alpha value is -7.70. The van der Waals surface area contributed by atoms with Gasteiger partial charge in [0.2, 0.25) is 0 Å². The number of benzene rings is 9. The standard InChI is InChI=1S/C59H42N4S/c1-61-55(39-17-7-3-8-18-39)37-50(38-15-5-2-6-16-38)60-59(61)40-25-29-44(30-26-40)63-53-33-28-42(36-49(53)57-54(63)34-31-47-46-22-12-14-24-56(46)64-58(47)57)41-27-32-52-48(35-41)45-21-11-13-23-51(45)62(52)43-19-9-4-10-20-43/h2-37,50,59-60H,1H3. The fourth-order valence-corrected chi connectivity index (χ4v) is 11.6. The van der Waals surface area contributed by atoms with Crippen LogP contribution in [0, 0.1) is 0 Å². The van der Waals surface area contributed by atoms with Gasteiger partial charge >= 0.3 is 0 Å². The van der Waals surface area contributed by atoms with E-state index in [0.29, 0.717) is 0 Å². The van der Waals surface area contributed by atoms with Gasteiger partial charge in [0.1, 0.15) is 6.17 Å². The Balaban J connectivity index is 0.959. The molecular weight excluding hydrogens is 797 g/mol. The molecule has 5 heteroatoms. The van der Waals surface area contributed by atoms with E-state index in [0.717, 1.165) is 5.69 Å². The zero-order chi connectivity index (χ0) is 42.3. The molecule has 0 amide bonds. The van der Waals surface area contributed by atoms with Gasteiger partial charge in [0.25, 0.3) is 0 Å². The molecule has 12 aromatic rings. The fourth-order valence-electron chi connectivity index (χ4n) is 10.4. The van der Waals surface area contributed by atoms with Crippen LogP contribution < -0.4 is 5.32 Å². The SMILES string of the molecule is CN1C(c2ccccc2)=CC(c2ccccc2)NC1c1ccc(-n2c3ccc(-c4ccc5c(c4)c4ccccc4n5-c4ccccc4)cc3c3c4sc5ccccc5c4ccc32)cc1. The van der Waals surface area contributed by atoms with E-state index in [1.165, 1.54) is 103 Å². The second-order valence-corrected chi connectivity index (χ2v) is 18.1. The van der Waals surface area contributed by atoms with E-state index >= 15 is 0 Å². The van der Waals surface area contributed by atoms with E-state index < -0.39 is 0 Å². The van der Waals surface area contributed by atoms with E-state index in [9.17, 15) is 0 Å². The first-order valence-corrected chi connectivity index (χ1v) is 22.9. The van der Waals surface area contributed by atoms with Crippen molar-refractivity contribution in [2.24, 2.45) is 0 Å². The molecule has 0 radical (unpaired) electrons. The van der Waals surface area contributed by atoms with Crippen LogP contribution in [0.4, 0.5) is 0 Å². The molecule has 3 aromatic heterocycles. The van der Waals surface area contributed by atoms with Crippen LogP contribution in [0.3, 0.4) is 0 Å². The first-order valence-electron chi connectivity index (χ1n) is 22.1. The van der Waals surface area contributed by atoms with Crippen LogP contribution in [0.15, 0.2) is 218 Å². The molecule has 304 valence electrons. The minimum Gasteiger partial charge on any atom is -0.355 e. The van der Waals surface area contributed by atoms with Crippen molar-refractivity contribution in [2.45, 2.75) is 12.2 Å². The molecule has 1 N–H and O–H groups in total. The number of para-hydroxylation sites is 2. The number of fused-ring (bicyclic) bond motifs is 10. The Morgan fingerprint density at radius 3 is 1.77 bits per heavy atom. The third kappa shape index (κ3) is 5.78. The molecule has 0 aliphatic carbocycles. The molecule has 0 bridgehead atoms. The summed E-state index contributed by atoms with van der Waals surface area (Å²) >= 11 is 1.90. The average molecular weight is 839 g/mol. The van der Waals surface area contributed by atoms with Crippen LogP contribution in [0.1, 0.15) is 28.9 Å². The summed E-state index contributed by atoms with van der Waals surface area (Å²) in [5.74, 6) is 0. The molecule has 2 atom stereocenters. The van der Waals surface area contributed by atoms with E-state index in [1.54, 1.807) is 0 Å². The highest BCUT2D eigenvalue weighted by molar-refractivity contribution is 7.26. The maximum Gasteiger partial charge on any atom is 0.106 e. The lowest BCUT2D eigenvalue weighted by molar-refractivity contribution is 0.263. The van der Waals surface area contributed by atoms with Crippen molar-refractivity contribution in [3.8, 4) is 22.5 Å². The lowest BCUT2D eigenvalue weighted by Crippen LogP contribution is -2.40. The summed E-state index contributed by atoms with van der Waals surface area (Å²) in [6, 6.07) is 77.9. The van der Waals surface area contributed by atoms with Crippen molar-refractivity contribution in [3.05, 3.63) is 235 Å². The molecule has 0 saturated heterocycles. The van der Waals surface area contributed by atoms with Crippen molar-refractivity contribution in [2.75, 3.05) is 7.05 Å². The van der Waals surface area contributed by atoms with E-state index in [2.05, 4.69) is 245 Å². The lowest BCUT2D eigenvalue weighted by atomic mass is 9.97. The van der Waals surface area contributed by atoms with Crippen molar-refractivity contribution in [1.82, 2.24) is 19.4 Å². The topological polar surface area (TPSA) is 25.1 Å². The zero-order valence-electron chi connectivity index (χ0n) is 35.2. The smallest absolute Gasteiger partial charge is 0.106 e. The molecule has 1 aliphatic heterocycles. The Bertz CT molecular complexity index is 3770. The van der Waals surface area contributed by atoms with Crippen LogP contribution in [0.25, 0.3) is 92.0 Å². The van der Waals surface area contributed by atoms with Crippen molar-refractivity contribution in [3.63, 3.8) is 0 Å². The zero-order valence-corrected chi connectivity index (χ0v) is 36.0. The van der Waals surface area contributed by atoms with Crippen molar-refractivity contribution >= 4 is 80.8 Å². The van der Waals surface area contributed by atoms with Crippen LogP contribution in [-0.2, 0) is 0 Å². The summed E-state index contributed by atoms with van der Waals surface area (Å²) in [4.78, 5) is 2.38. The number of nitrogens with zero attached hydrogens (tertiary/aromatic N) is 3. The molecule has 64 heavy (non-hydrogen) atoms. The molecule has 2 unspecified atom stereocenters. The third-order valence-corrected chi connectivity index (χ3v) is 14.6. The van der Waals surface area contributed by atoms with Gasteiger partial charge in [-0.15, -0.1) is 11.3 Å². The van der Waals surface area contributed by atoms with Crippen molar-refractivity contribution < 1.29 is 0 Å². The Labute approximate surface area is 375 Å². The predicted octanol–water partition coefficient (Wildman–Crippen LogP) is 15.2. The number of nitrogens with one attached hydrogen (secondary N) is 1. The molecule has 9 aromatic carbocycles. The Morgan fingerprint density at radius 2 is 1.00 bits per heavy atom. The minimum absolute atomic E-state index is 0.0302. The summed E-state index contributed by atoms with van der Waals surface area (Å²) < 4.78 is 7.50. The second kappa shape index (κ2) is 14.7. The number of thiophene rings is 1. The number of rotatable bonds is 6. The number of hydrogen-bond donors (Lipinski definition) is 1. The lowest BCUT2D eigenvalue weighted by Gasteiger charge is -2.40. The Kier molecular flexibility index (Phi) is 8.48. The summed E-state index contributed by atoms with van der Waals surface area (Å²) in [5, 5.41) is 11.7. The van der Waals surface area contributed by atoms with Gasteiger partial charge in [-0.1, -0.05) is 146 Å². The van der Waals surface area contributed by atoms with Crippen molar-refractivity contribution in [1.29, 1.82) is 0 Å². The molecule has 4 nitrogen and oxygen atoms in total. The highest BCUT2D eigenvalue weighted by Crippen LogP contribution is 2.45. The third-order valence-electron chi connectivity index (χ3n) is 13.4. The van der Waals surface area contributed by atoms with Gasteiger partial charge in [0.05, 0.1) is 28.1 Å². The van der Waals surface area contributed by atoms with Gasteiger partial charge in [-0.05, 0) is 101 Å². The minimum atomic E-state index is -0.0302. The summed E-state index contributed by atoms with van der Waals surface area (Å²) in [6.45, 7) is 0. The molecule has 1 aliphatic rings. The van der Waals surface area contributed by atoms with Crippen LogP contribution in [0.2, 0.25) is 0 Å².